The molecule has 13 heteroatoms. The van der Waals surface area contributed by atoms with Crippen LogP contribution in [-0.4, -0.2) is 119 Å². The smallest absolute Gasteiger partial charge is 0.333 e. The zero-order valence-corrected chi connectivity index (χ0v) is 36.9. The lowest BCUT2D eigenvalue weighted by molar-refractivity contribution is -0.311. The van der Waals surface area contributed by atoms with Crippen LogP contribution in [0.2, 0.25) is 0 Å². The second kappa shape index (κ2) is 17.9. The lowest BCUT2D eigenvalue weighted by atomic mass is 9.50. The number of nitrogens with two attached hydrogens (primary N) is 1. The van der Waals surface area contributed by atoms with Crippen LogP contribution in [0.25, 0.3) is 0 Å². The summed E-state index contributed by atoms with van der Waals surface area (Å²) in [5.74, 6) is -1.60. The van der Waals surface area contributed by atoms with Crippen molar-refractivity contribution in [2.45, 2.75) is 159 Å². The lowest BCUT2D eigenvalue weighted by Gasteiger charge is -2.63. The van der Waals surface area contributed by atoms with Crippen LogP contribution in [0.15, 0.2) is 23.8 Å². The summed E-state index contributed by atoms with van der Waals surface area (Å²) >= 11 is 0. The van der Waals surface area contributed by atoms with E-state index in [1.54, 1.807) is 13.0 Å². The first kappa shape index (κ1) is 44.4. The van der Waals surface area contributed by atoms with Gasteiger partial charge in [0.2, 0.25) is 0 Å². The molecule has 4 bridgehead atoms. The Hall–Kier alpha value is -1.78. The van der Waals surface area contributed by atoms with Crippen molar-refractivity contribution in [2.75, 3.05) is 26.3 Å². The number of piperidine rings is 2. The topological polar surface area (TPSA) is 205 Å². The number of allylic oxidation sites excluding steroid dienone is 1. The van der Waals surface area contributed by atoms with Gasteiger partial charge in [0.1, 0.15) is 17.5 Å². The number of hydrogen-bond acceptors (Lipinski definition) is 13. The number of carbonyl (C=O) groups is 2. The van der Waals surface area contributed by atoms with Gasteiger partial charge in [-0.05, 0) is 158 Å². The van der Waals surface area contributed by atoms with E-state index >= 15 is 0 Å². The highest BCUT2D eigenvalue weighted by Crippen LogP contribution is 2.61. The van der Waals surface area contributed by atoms with Crippen molar-refractivity contribution in [2.24, 2.45) is 82.7 Å². The number of ether oxygens (including phenoxy) is 3. The minimum Gasteiger partial charge on any atom is -0.456 e. The Morgan fingerprint density at radius 3 is 2.51 bits per heavy atom. The second-order valence-electron chi connectivity index (χ2n) is 21.5. The first-order valence-electron chi connectivity index (χ1n) is 24.3. The largest absolute Gasteiger partial charge is 0.456 e. The molecule has 0 amide bonds. The van der Waals surface area contributed by atoms with Crippen molar-refractivity contribution >= 4 is 11.8 Å². The van der Waals surface area contributed by atoms with Crippen molar-refractivity contribution in [1.82, 2.24) is 16.0 Å². The van der Waals surface area contributed by atoms with Crippen LogP contribution in [0, 0.1) is 76.9 Å². The SMILES string of the molecule is CC=C(C)C(=O)O[C@H]1CC2C(O)C3C(=O)CC(CO)OC3C3C2O[C@@]1(C)[C@H](CC1CNC2N[C@H](C)C=CC2C1)CC1CCC2CCC(O)CC2C(CO)C3C2CCNC(N)C12. The van der Waals surface area contributed by atoms with Gasteiger partial charge in [-0.25, -0.2) is 4.79 Å². The fourth-order valence-electron chi connectivity index (χ4n) is 15.4. The Labute approximate surface area is 362 Å². The van der Waals surface area contributed by atoms with Crippen molar-refractivity contribution < 1.29 is 44.2 Å². The number of Topliss-reactive ketones (excluding diaryl/α,β-unsaturated/α-hetero) is 1. The number of aliphatic hydroxyl groups excluding tert-OH is 4. The van der Waals surface area contributed by atoms with Crippen LogP contribution >= 0.6 is 0 Å². The number of nitrogens with one attached hydrogen (secondary N) is 3. The molecule has 0 aromatic carbocycles. The summed E-state index contributed by atoms with van der Waals surface area (Å²) in [6.45, 7) is 9.11. The Morgan fingerprint density at radius 2 is 1.74 bits per heavy atom. The molecule has 9 N–H and O–H groups in total. The molecule has 342 valence electrons. The van der Waals surface area contributed by atoms with Gasteiger partial charge in [0.25, 0.3) is 0 Å². The third kappa shape index (κ3) is 8.05. The zero-order chi connectivity index (χ0) is 42.9. The standard InChI is InChI=1S/C48H76N4O9/c1-5-23(2)47(58)60-37-19-34-42(57)40-36(56)18-31(21-53)59-44(40)41-39-32-12-13-50-45(49)38(32)27(9-8-26-10-11-30(55)17-33(26)35(39)22-54)16-29(48(37,4)61-43(34)41)15-25-14-28-7-6-24(3)52-46(28)51-20-25/h5-7,24-35,37-46,50-55,57H,8-22,49H2,1-4H3/t24-,25?,26?,27?,28?,29-,30?,31?,32?,33?,34?,35?,37+,38?,39?,40?,41?,42?,43?,44?,45?,46?,48+/m1/s1. The number of hydrogen-bond donors (Lipinski definition) is 8. The molecule has 19 unspecified atom stereocenters. The molecule has 6 heterocycles. The minimum absolute atomic E-state index is 0.00713. The summed E-state index contributed by atoms with van der Waals surface area (Å²) < 4.78 is 21.4. The van der Waals surface area contributed by atoms with Crippen LogP contribution in [-0.2, 0) is 23.8 Å². The van der Waals surface area contributed by atoms with E-state index in [1.807, 2.05) is 6.92 Å². The van der Waals surface area contributed by atoms with Crippen LogP contribution in [0.3, 0.4) is 0 Å². The van der Waals surface area contributed by atoms with Crippen LogP contribution in [0.4, 0.5) is 0 Å². The number of aliphatic hydroxyl groups is 4. The Bertz CT molecular complexity index is 1660. The van der Waals surface area contributed by atoms with E-state index in [9.17, 15) is 30.0 Å². The average Bonchev–Trinajstić information content (AvgIpc) is 3.29. The summed E-state index contributed by atoms with van der Waals surface area (Å²) in [5, 5.41) is 57.6. The molecule has 13 nitrogen and oxygen atoms in total. The molecule has 0 aromatic heterocycles. The molecule has 0 radical (unpaired) electrons. The van der Waals surface area contributed by atoms with Gasteiger partial charge in [0.05, 0.1) is 55.4 Å². The summed E-state index contributed by atoms with van der Waals surface area (Å²) in [6, 6.07) is 0.308. The molecule has 3 aliphatic carbocycles. The van der Waals surface area contributed by atoms with Crippen molar-refractivity contribution in [3.8, 4) is 0 Å². The highest BCUT2D eigenvalue weighted by atomic mass is 16.6. The van der Waals surface area contributed by atoms with Crippen molar-refractivity contribution in [3.63, 3.8) is 0 Å². The van der Waals surface area contributed by atoms with Gasteiger partial charge >= 0.3 is 5.97 Å². The first-order chi connectivity index (χ1) is 29.3. The molecule has 5 saturated heterocycles. The lowest BCUT2D eigenvalue weighted by Crippen LogP contribution is -2.72. The molecule has 23 atom stereocenters. The van der Waals surface area contributed by atoms with Crippen molar-refractivity contribution in [1.29, 1.82) is 0 Å². The van der Waals surface area contributed by atoms with Gasteiger partial charge in [-0.1, -0.05) is 18.2 Å². The highest BCUT2D eigenvalue weighted by Gasteiger charge is 2.67. The summed E-state index contributed by atoms with van der Waals surface area (Å²) in [6.07, 6.45) is 10.0. The van der Waals surface area contributed by atoms with E-state index in [0.29, 0.717) is 42.2 Å². The van der Waals surface area contributed by atoms with E-state index < -0.39 is 65.9 Å². The molecule has 9 rings (SSSR count). The fourth-order valence-corrected chi connectivity index (χ4v) is 15.4. The van der Waals surface area contributed by atoms with Gasteiger partial charge in [-0.3, -0.25) is 10.1 Å². The zero-order valence-electron chi connectivity index (χ0n) is 36.9. The third-order valence-corrected chi connectivity index (χ3v) is 18.4. The fraction of sp³-hybridized carbons (Fsp3) is 0.875. The molecule has 0 aromatic rings. The number of carbonyl (C=O) groups excluding carboxylic acids is 2. The first-order valence-corrected chi connectivity index (χ1v) is 24.3. The van der Waals surface area contributed by atoms with Gasteiger partial charge in [0.15, 0.2) is 0 Å². The third-order valence-electron chi connectivity index (χ3n) is 18.4. The Kier molecular flexibility index (Phi) is 13.0. The summed E-state index contributed by atoms with van der Waals surface area (Å²) in [5.41, 5.74) is 6.89. The predicted molar refractivity (Wildman–Crippen MR) is 228 cm³/mol. The monoisotopic (exact) mass is 853 g/mol. The van der Waals surface area contributed by atoms with E-state index in [1.165, 1.54) is 0 Å². The second-order valence-corrected chi connectivity index (χ2v) is 21.5. The van der Waals surface area contributed by atoms with Crippen LogP contribution in [0.1, 0.15) is 98.3 Å². The number of rotatable bonds is 6. The molecule has 61 heavy (non-hydrogen) atoms. The predicted octanol–water partition coefficient (Wildman–Crippen LogP) is 2.79. The molecule has 0 spiro atoms. The molecule has 9 aliphatic rings. The quantitative estimate of drug-likeness (QED) is 0.110. The molecule has 6 aliphatic heterocycles. The summed E-state index contributed by atoms with van der Waals surface area (Å²) in [4.78, 5) is 28.4. The molecule has 8 fully saturated rings. The average molecular weight is 853 g/mol. The Balaban J connectivity index is 1.23. The summed E-state index contributed by atoms with van der Waals surface area (Å²) in [7, 11) is 0. The van der Waals surface area contributed by atoms with Gasteiger partial charge in [-0.15, -0.1) is 0 Å². The van der Waals surface area contributed by atoms with Gasteiger partial charge in [0, 0.05) is 42.4 Å². The van der Waals surface area contributed by atoms with E-state index in [2.05, 4.69) is 41.9 Å². The number of ketones is 1. The maximum Gasteiger partial charge on any atom is 0.333 e. The van der Waals surface area contributed by atoms with Crippen molar-refractivity contribution in [3.05, 3.63) is 23.8 Å². The number of esters is 1. The highest BCUT2D eigenvalue weighted by molar-refractivity contribution is 5.87. The van der Waals surface area contributed by atoms with E-state index in [-0.39, 0.29) is 79.2 Å². The normalized spacial score (nSPS) is 52.3. The Morgan fingerprint density at radius 1 is 0.951 bits per heavy atom. The maximum absolute atomic E-state index is 14.4. The number of fused-ring (bicyclic) bond motifs is 6. The molecular formula is C48H76N4O9. The van der Waals surface area contributed by atoms with E-state index in [4.69, 9.17) is 19.9 Å². The van der Waals surface area contributed by atoms with Crippen LogP contribution in [0.5, 0.6) is 0 Å². The maximum atomic E-state index is 14.4. The van der Waals surface area contributed by atoms with Gasteiger partial charge < -0.3 is 51.0 Å². The minimum atomic E-state index is -1.12. The van der Waals surface area contributed by atoms with Crippen LogP contribution < -0.4 is 21.7 Å². The molecule has 3 saturated carbocycles. The van der Waals surface area contributed by atoms with Gasteiger partial charge in [-0.2, -0.15) is 0 Å². The van der Waals surface area contributed by atoms with E-state index in [0.717, 1.165) is 64.5 Å². The molecular weight excluding hydrogens is 777 g/mol.